The lowest BCUT2D eigenvalue weighted by Gasteiger charge is -2.05. The Bertz CT molecular complexity index is 372. The largest absolute Gasteiger partial charge is 0.352 e. The molecule has 1 fully saturated rings. The molecule has 2 atom stereocenters. The van der Waals surface area contributed by atoms with Gasteiger partial charge in [-0.2, -0.15) is 0 Å². The lowest BCUT2D eigenvalue weighted by Crippen LogP contribution is -2.24. The van der Waals surface area contributed by atoms with E-state index in [0.717, 1.165) is 17.5 Å². The zero-order valence-electron chi connectivity index (χ0n) is 9.57. The first kappa shape index (κ1) is 11.1. The standard InChI is InChI=1S/C13H18N2O/c1-9-6-12(9)13(16)15-8-11-4-2-10(7-14)3-5-11/h2-5,9,12H,6-8,14H2,1H3,(H,15,16). The number of hydrogen-bond donors (Lipinski definition) is 2. The van der Waals surface area contributed by atoms with Crippen molar-refractivity contribution in [1.82, 2.24) is 5.32 Å². The number of nitrogens with two attached hydrogens (primary N) is 1. The van der Waals surface area contributed by atoms with Gasteiger partial charge in [-0.15, -0.1) is 0 Å². The molecule has 0 aliphatic heterocycles. The summed E-state index contributed by atoms with van der Waals surface area (Å²) < 4.78 is 0. The molecule has 3 N–H and O–H groups in total. The molecular weight excluding hydrogens is 200 g/mol. The van der Waals surface area contributed by atoms with E-state index < -0.39 is 0 Å². The number of rotatable bonds is 4. The van der Waals surface area contributed by atoms with Crippen molar-refractivity contribution in [3.8, 4) is 0 Å². The molecule has 0 heterocycles. The van der Waals surface area contributed by atoms with Gasteiger partial charge in [-0.25, -0.2) is 0 Å². The summed E-state index contributed by atoms with van der Waals surface area (Å²) in [6, 6.07) is 8.03. The number of hydrogen-bond acceptors (Lipinski definition) is 2. The molecule has 3 heteroatoms. The van der Waals surface area contributed by atoms with Crippen LogP contribution in [0.5, 0.6) is 0 Å². The fourth-order valence-electron chi connectivity index (χ4n) is 1.80. The summed E-state index contributed by atoms with van der Waals surface area (Å²) in [5.74, 6) is 1.01. The minimum atomic E-state index is 0.190. The first-order valence-electron chi connectivity index (χ1n) is 5.76. The molecule has 0 radical (unpaired) electrons. The Labute approximate surface area is 96.0 Å². The second-order valence-electron chi connectivity index (χ2n) is 4.56. The van der Waals surface area contributed by atoms with Crippen LogP contribution >= 0.6 is 0 Å². The van der Waals surface area contributed by atoms with Crippen molar-refractivity contribution < 1.29 is 4.79 Å². The number of carbonyl (C=O) groups is 1. The maximum atomic E-state index is 11.6. The highest BCUT2D eigenvalue weighted by Gasteiger charge is 2.38. The van der Waals surface area contributed by atoms with Gasteiger partial charge < -0.3 is 11.1 Å². The fraction of sp³-hybridized carbons (Fsp3) is 0.462. The molecule has 1 aromatic carbocycles. The van der Waals surface area contributed by atoms with Crippen molar-refractivity contribution in [3.05, 3.63) is 35.4 Å². The summed E-state index contributed by atoms with van der Waals surface area (Å²) in [7, 11) is 0. The van der Waals surface area contributed by atoms with Gasteiger partial charge in [-0.1, -0.05) is 31.2 Å². The van der Waals surface area contributed by atoms with Crippen LogP contribution in [0.1, 0.15) is 24.5 Å². The van der Waals surface area contributed by atoms with Crippen LogP contribution in [-0.2, 0) is 17.9 Å². The van der Waals surface area contributed by atoms with Crippen molar-refractivity contribution in [1.29, 1.82) is 0 Å². The van der Waals surface area contributed by atoms with Crippen LogP contribution in [-0.4, -0.2) is 5.91 Å². The van der Waals surface area contributed by atoms with Gasteiger partial charge in [0.15, 0.2) is 0 Å². The average Bonchev–Trinajstić information content (AvgIpc) is 3.04. The molecule has 1 amide bonds. The van der Waals surface area contributed by atoms with E-state index in [1.807, 2.05) is 24.3 Å². The van der Waals surface area contributed by atoms with Crippen molar-refractivity contribution in [3.63, 3.8) is 0 Å². The highest BCUT2D eigenvalue weighted by molar-refractivity contribution is 5.81. The molecule has 0 aromatic heterocycles. The van der Waals surface area contributed by atoms with Crippen LogP contribution < -0.4 is 11.1 Å². The summed E-state index contributed by atoms with van der Waals surface area (Å²) >= 11 is 0. The fourth-order valence-corrected chi connectivity index (χ4v) is 1.80. The summed E-state index contributed by atoms with van der Waals surface area (Å²) in [5.41, 5.74) is 7.76. The number of amides is 1. The Morgan fingerprint density at radius 2 is 1.94 bits per heavy atom. The predicted molar refractivity (Wildman–Crippen MR) is 63.5 cm³/mol. The molecule has 1 aromatic rings. The van der Waals surface area contributed by atoms with Crippen LogP contribution in [0.3, 0.4) is 0 Å². The van der Waals surface area contributed by atoms with E-state index in [2.05, 4.69) is 12.2 Å². The number of nitrogens with one attached hydrogen (secondary N) is 1. The van der Waals surface area contributed by atoms with Crippen LogP contribution in [0.2, 0.25) is 0 Å². The third kappa shape index (κ3) is 2.61. The minimum Gasteiger partial charge on any atom is -0.352 e. The van der Waals surface area contributed by atoms with Gasteiger partial charge in [0, 0.05) is 19.0 Å². The Hall–Kier alpha value is -1.35. The van der Waals surface area contributed by atoms with E-state index in [1.54, 1.807) is 0 Å². The first-order chi connectivity index (χ1) is 7.70. The predicted octanol–water partition coefficient (Wildman–Crippen LogP) is 1.42. The molecule has 0 bridgehead atoms. The van der Waals surface area contributed by atoms with Crippen molar-refractivity contribution in [2.24, 2.45) is 17.6 Å². The maximum absolute atomic E-state index is 11.6. The zero-order valence-corrected chi connectivity index (χ0v) is 9.57. The van der Waals surface area contributed by atoms with Gasteiger partial charge in [-0.05, 0) is 23.5 Å². The zero-order chi connectivity index (χ0) is 11.5. The SMILES string of the molecule is CC1CC1C(=O)NCc1ccc(CN)cc1. The summed E-state index contributed by atoms with van der Waals surface area (Å²) in [6.45, 7) is 3.29. The van der Waals surface area contributed by atoms with E-state index >= 15 is 0 Å². The van der Waals surface area contributed by atoms with Gasteiger partial charge >= 0.3 is 0 Å². The van der Waals surface area contributed by atoms with E-state index in [0.29, 0.717) is 19.0 Å². The van der Waals surface area contributed by atoms with Crippen LogP contribution in [0.15, 0.2) is 24.3 Å². The normalized spacial score (nSPS) is 22.9. The minimum absolute atomic E-state index is 0.190. The summed E-state index contributed by atoms with van der Waals surface area (Å²) in [4.78, 5) is 11.6. The topological polar surface area (TPSA) is 55.1 Å². The number of benzene rings is 1. The lowest BCUT2D eigenvalue weighted by atomic mass is 10.1. The van der Waals surface area contributed by atoms with Crippen molar-refractivity contribution in [2.45, 2.75) is 26.4 Å². The average molecular weight is 218 g/mol. The van der Waals surface area contributed by atoms with Crippen LogP contribution in [0, 0.1) is 11.8 Å². The Morgan fingerprint density at radius 3 is 2.44 bits per heavy atom. The first-order valence-corrected chi connectivity index (χ1v) is 5.76. The van der Waals surface area contributed by atoms with Crippen LogP contribution in [0.25, 0.3) is 0 Å². The number of carbonyl (C=O) groups excluding carboxylic acids is 1. The molecule has 0 spiro atoms. The molecule has 1 saturated carbocycles. The summed E-state index contributed by atoms with van der Waals surface area (Å²) in [5, 5.41) is 2.96. The van der Waals surface area contributed by atoms with Gasteiger partial charge in [0.25, 0.3) is 0 Å². The third-order valence-electron chi connectivity index (χ3n) is 3.17. The molecule has 1 aliphatic carbocycles. The van der Waals surface area contributed by atoms with Gasteiger partial charge in [-0.3, -0.25) is 4.79 Å². The molecule has 2 unspecified atom stereocenters. The molecule has 2 rings (SSSR count). The van der Waals surface area contributed by atoms with Crippen molar-refractivity contribution in [2.75, 3.05) is 0 Å². The molecule has 3 nitrogen and oxygen atoms in total. The summed E-state index contributed by atoms with van der Waals surface area (Å²) in [6.07, 6.45) is 1.04. The lowest BCUT2D eigenvalue weighted by molar-refractivity contribution is -0.122. The maximum Gasteiger partial charge on any atom is 0.223 e. The molecule has 0 saturated heterocycles. The Balaban J connectivity index is 1.82. The highest BCUT2D eigenvalue weighted by atomic mass is 16.2. The van der Waals surface area contributed by atoms with Gasteiger partial charge in [0.05, 0.1) is 0 Å². The van der Waals surface area contributed by atoms with Crippen molar-refractivity contribution >= 4 is 5.91 Å². The quantitative estimate of drug-likeness (QED) is 0.803. The second-order valence-corrected chi connectivity index (χ2v) is 4.56. The van der Waals surface area contributed by atoms with Gasteiger partial charge in [0.1, 0.15) is 0 Å². The monoisotopic (exact) mass is 218 g/mol. The molecule has 1 aliphatic rings. The van der Waals surface area contributed by atoms with E-state index in [1.165, 1.54) is 0 Å². The third-order valence-corrected chi connectivity index (χ3v) is 3.17. The molecule has 16 heavy (non-hydrogen) atoms. The van der Waals surface area contributed by atoms with Gasteiger partial charge in [0.2, 0.25) is 5.91 Å². The smallest absolute Gasteiger partial charge is 0.223 e. The van der Waals surface area contributed by atoms with E-state index in [4.69, 9.17) is 5.73 Å². The second kappa shape index (κ2) is 4.66. The van der Waals surface area contributed by atoms with E-state index in [9.17, 15) is 4.79 Å². The Kier molecular flexibility index (Phi) is 3.25. The highest BCUT2D eigenvalue weighted by Crippen LogP contribution is 2.37. The van der Waals surface area contributed by atoms with E-state index in [-0.39, 0.29) is 11.8 Å². The van der Waals surface area contributed by atoms with Crippen LogP contribution in [0.4, 0.5) is 0 Å². The Morgan fingerprint density at radius 1 is 1.38 bits per heavy atom. The molecular formula is C13H18N2O. The molecule has 86 valence electrons.